The highest BCUT2D eigenvalue weighted by Crippen LogP contribution is 2.35. The van der Waals surface area contributed by atoms with Crippen LogP contribution in [0.5, 0.6) is 0 Å². The highest BCUT2D eigenvalue weighted by atomic mass is 35.5. The molecule has 7 heteroatoms. The van der Waals surface area contributed by atoms with E-state index in [1.165, 1.54) is 12.1 Å². The van der Waals surface area contributed by atoms with E-state index in [1.54, 1.807) is 16.7 Å². The number of amides is 1. The van der Waals surface area contributed by atoms with Gasteiger partial charge in [0.1, 0.15) is 11.6 Å². The molecule has 0 radical (unpaired) electrons. The van der Waals surface area contributed by atoms with Gasteiger partial charge in [0.25, 0.3) is 5.56 Å². The van der Waals surface area contributed by atoms with E-state index in [2.05, 4.69) is 10.3 Å². The predicted molar refractivity (Wildman–Crippen MR) is 103 cm³/mol. The number of nitrogens with one attached hydrogen (secondary N) is 1. The first-order valence-electron chi connectivity index (χ1n) is 8.78. The van der Waals surface area contributed by atoms with E-state index in [-0.39, 0.29) is 34.6 Å². The van der Waals surface area contributed by atoms with Crippen LogP contribution in [-0.2, 0) is 11.2 Å². The predicted octanol–water partition coefficient (Wildman–Crippen LogP) is 4.10. The van der Waals surface area contributed by atoms with Crippen molar-refractivity contribution in [3.63, 3.8) is 0 Å². The number of para-hydroxylation sites is 1. The Hall–Kier alpha value is -2.73. The van der Waals surface area contributed by atoms with Crippen molar-refractivity contribution >= 4 is 34.1 Å². The Morgan fingerprint density at radius 2 is 2.04 bits per heavy atom. The number of halogens is 2. The summed E-state index contributed by atoms with van der Waals surface area (Å²) in [5.74, 6) is -0.344. The number of hydrogen-bond donors (Lipinski definition) is 1. The highest BCUT2D eigenvalue weighted by molar-refractivity contribution is 6.30. The van der Waals surface area contributed by atoms with Gasteiger partial charge in [0, 0.05) is 23.9 Å². The number of aryl methyl sites for hydroxylation is 1. The summed E-state index contributed by atoms with van der Waals surface area (Å²) in [6.07, 6.45) is 2.28. The molecule has 138 valence electrons. The minimum atomic E-state index is -0.588. The van der Waals surface area contributed by atoms with E-state index in [0.29, 0.717) is 23.1 Å². The number of carbonyl (C=O) groups excluding carboxylic acids is 1. The normalized spacial score (nSPS) is 13.7. The first-order chi connectivity index (χ1) is 13.0. The number of hydrogen-bond acceptors (Lipinski definition) is 3. The molecule has 1 N–H and O–H groups in total. The standard InChI is InChI=1S/C20H17ClFN3O2/c21-12-5-8-17(15(22)11-12)24-19(26)10-9-18-23-16-4-2-1-3-14(16)20(27)25(18)13-6-7-13/h1-5,8,11,13H,6-7,9-10H2,(H,24,26). The van der Waals surface area contributed by atoms with Crippen LogP contribution >= 0.6 is 11.6 Å². The lowest BCUT2D eigenvalue weighted by atomic mass is 10.2. The van der Waals surface area contributed by atoms with Gasteiger partial charge in [0.2, 0.25) is 5.91 Å². The molecule has 2 aromatic carbocycles. The zero-order chi connectivity index (χ0) is 19.0. The van der Waals surface area contributed by atoms with Crippen LogP contribution in [0.1, 0.15) is 31.1 Å². The lowest BCUT2D eigenvalue weighted by molar-refractivity contribution is -0.116. The van der Waals surface area contributed by atoms with Crippen LogP contribution in [0.3, 0.4) is 0 Å². The van der Waals surface area contributed by atoms with Crippen molar-refractivity contribution in [2.45, 2.75) is 31.7 Å². The van der Waals surface area contributed by atoms with Crippen LogP contribution in [-0.4, -0.2) is 15.5 Å². The number of anilines is 1. The van der Waals surface area contributed by atoms with Crippen molar-refractivity contribution in [2.75, 3.05) is 5.32 Å². The Balaban J connectivity index is 1.55. The van der Waals surface area contributed by atoms with Crippen molar-refractivity contribution in [2.24, 2.45) is 0 Å². The molecule has 1 amide bonds. The molecule has 27 heavy (non-hydrogen) atoms. The summed E-state index contributed by atoms with van der Waals surface area (Å²) >= 11 is 5.72. The third-order valence-electron chi connectivity index (χ3n) is 4.57. The summed E-state index contributed by atoms with van der Waals surface area (Å²) in [5.41, 5.74) is 0.635. The van der Waals surface area contributed by atoms with Crippen LogP contribution < -0.4 is 10.9 Å². The monoisotopic (exact) mass is 385 g/mol. The molecule has 5 nitrogen and oxygen atoms in total. The number of fused-ring (bicyclic) bond motifs is 1. The first kappa shape index (κ1) is 17.7. The molecule has 4 rings (SSSR count). The molecule has 1 heterocycles. The van der Waals surface area contributed by atoms with Crippen molar-refractivity contribution in [1.82, 2.24) is 9.55 Å². The van der Waals surface area contributed by atoms with E-state index in [4.69, 9.17) is 11.6 Å². The Morgan fingerprint density at radius 3 is 2.78 bits per heavy atom. The molecule has 0 unspecified atom stereocenters. The van der Waals surface area contributed by atoms with Crippen LogP contribution in [0.4, 0.5) is 10.1 Å². The smallest absolute Gasteiger partial charge is 0.261 e. The van der Waals surface area contributed by atoms with E-state index >= 15 is 0 Å². The van der Waals surface area contributed by atoms with Gasteiger partial charge in [0.15, 0.2) is 0 Å². The van der Waals surface area contributed by atoms with Gasteiger partial charge < -0.3 is 5.32 Å². The summed E-state index contributed by atoms with van der Waals surface area (Å²) in [4.78, 5) is 29.6. The molecule has 0 aliphatic heterocycles. The average Bonchev–Trinajstić information content (AvgIpc) is 3.47. The number of aromatic nitrogens is 2. The molecular weight excluding hydrogens is 369 g/mol. The zero-order valence-corrected chi connectivity index (χ0v) is 15.2. The average molecular weight is 386 g/mol. The van der Waals surface area contributed by atoms with E-state index in [0.717, 1.165) is 18.9 Å². The maximum absolute atomic E-state index is 13.8. The van der Waals surface area contributed by atoms with Crippen LogP contribution in [0.2, 0.25) is 5.02 Å². The van der Waals surface area contributed by atoms with E-state index in [1.807, 2.05) is 12.1 Å². The molecule has 1 aromatic heterocycles. The lowest BCUT2D eigenvalue weighted by Gasteiger charge is -2.13. The molecule has 1 fully saturated rings. The topological polar surface area (TPSA) is 64.0 Å². The second-order valence-electron chi connectivity index (χ2n) is 6.62. The third kappa shape index (κ3) is 3.71. The Labute approximate surface area is 159 Å². The third-order valence-corrected chi connectivity index (χ3v) is 4.81. The minimum absolute atomic E-state index is 0.0674. The Bertz CT molecular complexity index is 1090. The van der Waals surface area contributed by atoms with Crippen LogP contribution in [0.15, 0.2) is 47.3 Å². The second kappa shape index (κ2) is 7.12. The largest absolute Gasteiger partial charge is 0.324 e. The number of nitrogens with zero attached hydrogens (tertiary/aromatic N) is 2. The Kier molecular flexibility index (Phi) is 4.66. The van der Waals surface area contributed by atoms with Crippen molar-refractivity contribution < 1.29 is 9.18 Å². The number of carbonyl (C=O) groups is 1. The van der Waals surface area contributed by atoms with Gasteiger partial charge in [-0.05, 0) is 43.2 Å². The SMILES string of the molecule is O=C(CCc1nc2ccccc2c(=O)n1C1CC1)Nc1ccc(Cl)cc1F. The summed E-state index contributed by atoms with van der Waals surface area (Å²) in [6.45, 7) is 0. The fraction of sp³-hybridized carbons (Fsp3) is 0.250. The minimum Gasteiger partial charge on any atom is -0.324 e. The van der Waals surface area contributed by atoms with E-state index < -0.39 is 5.82 Å². The van der Waals surface area contributed by atoms with E-state index in [9.17, 15) is 14.0 Å². The van der Waals surface area contributed by atoms with Gasteiger partial charge in [-0.2, -0.15) is 0 Å². The summed E-state index contributed by atoms with van der Waals surface area (Å²) < 4.78 is 15.5. The summed E-state index contributed by atoms with van der Waals surface area (Å²) in [7, 11) is 0. The van der Waals surface area contributed by atoms with Crippen molar-refractivity contribution in [1.29, 1.82) is 0 Å². The van der Waals surface area contributed by atoms with Gasteiger partial charge in [-0.15, -0.1) is 0 Å². The van der Waals surface area contributed by atoms with Crippen molar-refractivity contribution in [3.05, 3.63) is 69.5 Å². The molecule has 0 bridgehead atoms. The Morgan fingerprint density at radius 1 is 1.26 bits per heavy atom. The van der Waals surface area contributed by atoms with Gasteiger partial charge in [-0.25, -0.2) is 9.37 Å². The van der Waals surface area contributed by atoms with Crippen molar-refractivity contribution in [3.8, 4) is 0 Å². The molecule has 0 saturated heterocycles. The fourth-order valence-corrected chi connectivity index (χ4v) is 3.27. The highest BCUT2D eigenvalue weighted by Gasteiger charge is 2.28. The zero-order valence-electron chi connectivity index (χ0n) is 14.4. The number of benzene rings is 2. The van der Waals surface area contributed by atoms with Crippen LogP contribution in [0.25, 0.3) is 10.9 Å². The maximum Gasteiger partial charge on any atom is 0.261 e. The molecule has 1 saturated carbocycles. The summed E-state index contributed by atoms with van der Waals surface area (Å²) in [6, 6.07) is 11.4. The fourth-order valence-electron chi connectivity index (χ4n) is 3.11. The summed E-state index contributed by atoms with van der Waals surface area (Å²) in [5, 5.41) is 3.38. The number of rotatable bonds is 5. The van der Waals surface area contributed by atoms with Gasteiger partial charge >= 0.3 is 0 Å². The molecule has 1 aliphatic rings. The molecule has 0 atom stereocenters. The van der Waals surface area contributed by atoms with Gasteiger partial charge in [0.05, 0.1) is 16.6 Å². The quantitative estimate of drug-likeness (QED) is 0.719. The van der Waals surface area contributed by atoms with Gasteiger partial charge in [-0.3, -0.25) is 14.2 Å². The van der Waals surface area contributed by atoms with Crippen LogP contribution in [0, 0.1) is 5.82 Å². The molecule has 1 aliphatic carbocycles. The van der Waals surface area contributed by atoms with Gasteiger partial charge in [-0.1, -0.05) is 23.7 Å². The first-order valence-corrected chi connectivity index (χ1v) is 9.16. The molecule has 0 spiro atoms. The second-order valence-corrected chi connectivity index (χ2v) is 7.06. The molecular formula is C20H17ClFN3O2. The molecule has 3 aromatic rings. The lowest BCUT2D eigenvalue weighted by Crippen LogP contribution is -2.25. The maximum atomic E-state index is 13.8.